The summed E-state index contributed by atoms with van der Waals surface area (Å²) in [5, 5.41) is 3.34. The largest absolute Gasteiger partial charge is 0.496 e. The van der Waals surface area contributed by atoms with Crippen molar-refractivity contribution in [2.75, 3.05) is 24.4 Å². The topological polar surface area (TPSA) is 98.6 Å². The Balaban J connectivity index is 1.72. The molecule has 2 amide bonds. The number of methoxy groups -OCH3 is 2. The van der Waals surface area contributed by atoms with E-state index in [1.54, 1.807) is 24.3 Å². The van der Waals surface area contributed by atoms with E-state index >= 15 is 0 Å². The molecule has 2 aromatic heterocycles. The van der Waals surface area contributed by atoms with Crippen molar-refractivity contribution in [2.24, 2.45) is 0 Å². The standard InChI is InChI=1S/C28H22Cl2FN5O4/c1-13(2)35-24-23(34-25(35)18-12-32-22(40-4)11-21(18)39-3)26(37)36(17-8-15(30)7-16(31)10-17)28(24)19-6-5-14(29)9-20(19)33-27(28)38/h5-13H,1-4H3,(H,33,38). The van der Waals surface area contributed by atoms with E-state index in [9.17, 15) is 14.0 Å². The fourth-order valence-electron chi connectivity index (χ4n) is 5.56. The number of aromatic nitrogens is 3. The Bertz CT molecular complexity index is 1720. The molecular weight excluding hydrogens is 560 g/mol. The third-order valence-electron chi connectivity index (χ3n) is 7.08. The van der Waals surface area contributed by atoms with Gasteiger partial charge in [0.15, 0.2) is 11.2 Å². The Morgan fingerprint density at radius 3 is 2.48 bits per heavy atom. The zero-order chi connectivity index (χ0) is 28.5. The van der Waals surface area contributed by atoms with Gasteiger partial charge in [-0.05, 0) is 44.2 Å². The highest BCUT2D eigenvalue weighted by Crippen LogP contribution is 2.55. The predicted octanol–water partition coefficient (Wildman–Crippen LogP) is 5.85. The lowest BCUT2D eigenvalue weighted by Gasteiger charge is -2.35. The highest BCUT2D eigenvalue weighted by molar-refractivity contribution is 6.32. The first-order chi connectivity index (χ1) is 19.1. The monoisotopic (exact) mass is 581 g/mol. The van der Waals surface area contributed by atoms with Crippen LogP contribution in [0.3, 0.4) is 0 Å². The molecule has 0 saturated heterocycles. The van der Waals surface area contributed by atoms with Crippen LogP contribution in [0.15, 0.2) is 48.7 Å². The third-order valence-corrected chi connectivity index (χ3v) is 7.53. The molecule has 1 unspecified atom stereocenters. The number of carbonyl (C=O) groups excluding carboxylic acids is 2. The van der Waals surface area contributed by atoms with E-state index in [-0.39, 0.29) is 22.4 Å². The summed E-state index contributed by atoms with van der Waals surface area (Å²) in [6.45, 7) is 3.81. The second-order valence-electron chi connectivity index (χ2n) is 9.65. The number of ether oxygens (including phenoxy) is 2. The Morgan fingerprint density at radius 1 is 1.02 bits per heavy atom. The van der Waals surface area contributed by atoms with E-state index in [1.165, 1.54) is 31.4 Å². The summed E-state index contributed by atoms with van der Waals surface area (Å²) < 4.78 is 27.3. The van der Waals surface area contributed by atoms with Gasteiger partial charge >= 0.3 is 0 Å². The summed E-state index contributed by atoms with van der Waals surface area (Å²) in [6.07, 6.45) is 1.54. The van der Waals surface area contributed by atoms with Gasteiger partial charge in [0.1, 0.15) is 17.4 Å². The third kappa shape index (κ3) is 3.52. The summed E-state index contributed by atoms with van der Waals surface area (Å²) in [7, 11) is 2.99. The molecular formula is C28H22Cl2FN5O4. The van der Waals surface area contributed by atoms with E-state index in [4.69, 9.17) is 37.7 Å². The number of imidazole rings is 1. The number of fused-ring (bicyclic) bond motifs is 4. The molecule has 1 spiro atoms. The zero-order valence-electron chi connectivity index (χ0n) is 21.8. The number of carbonyl (C=O) groups is 2. The summed E-state index contributed by atoms with van der Waals surface area (Å²) in [5.74, 6) is -0.673. The van der Waals surface area contributed by atoms with Gasteiger partial charge in [-0.1, -0.05) is 29.3 Å². The Morgan fingerprint density at radius 2 is 1.80 bits per heavy atom. The van der Waals surface area contributed by atoms with Gasteiger partial charge in [0.05, 0.1) is 31.2 Å². The number of halogens is 3. The van der Waals surface area contributed by atoms with E-state index in [0.717, 1.165) is 12.1 Å². The molecule has 4 heterocycles. The van der Waals surface area contributed by atoms with Gasteiger partial charge in [0, 0.05) is 39.6 Å². The molecule has 2 aliphatic heterocycles. The smallest absolute Gasteiger partial charge is 0.280 e. The minimum atomic E-state index is -1.74. The van der Waals surface area contributed by atoms with Crippen LogP contribution in [0.4, 0.5) is 15.8 Å². The number of anilines is 2. The molecule has 0 aliphatic carbocycles. The Kier molecular flexibility index (Phi) is 6.01. The number of amides is 2. The van der Waals surface area contributed by atoms with E-state index in [1.807, 2.05) is 18.4 Å². The molecule has 4 aromatic rings. The van der Waals surface area contributed by atoms with Crippen LogP contribution in [0.1, 0.15) is 41.6 Å². The first-order valence-corrected chi connectivity index (χ1v) is 13.0. The average Bonchev–Trinajstić information content (AvgIpc) is 3.51. The number of rotatable bonds is 5. The van der Waals surface area contributed by atoms with Crippen LogP contribution in [-0.4, -0.2) is 40.6 Å². The van der Waals surface area contributed by atoms with Crippen LogP contribution in [0.5, 0.6) is 11.6 Å². The molecule has 6 rings (SSSR count). The van der Waals surface area contributed by atoms with Gasteiger partial charge in [0.2, 0.25) is 5.88 Å². The predicted molar refractivity (Wildman–Crippen MR) is 148 cm³/mol. The van der Waals surface area contributed by atoms with Crippen LogP contribution in [0, 0.1) is 5.82 Å². The van der Waals surface area contributed by atoms with Crippen molar-refractivity contribution in [3.05, 3.63) is 81.5 Å². The molecule has 9 nitrogen and oxygen atoms in total. The molecule has 1 atom stereocenters. The van der Waals surface area contributed by atoms with E-state index < -0.39 is 23.2 Å². The lowest BCUT2D eigenvalue weighted by Crippen LogP contribution is -2.51. The number of pyridine rings is 1. The molecule has 2 aromatic carbocycles. The van der Waals surface area contributed by atoms with Crippen molar-refractivity contribution in [1.29, 1.82) is 0 Å². The minimum Gasteiger partial charge on any atom is -0.496 e. The fourth-order valence-corrected chi connectivity index (χ4v) is 5.95. The minimum absolute atomic E-state index is 0.0277. The van der Waals surface area contributed by atoms with E-state index in [2.05, 4.69) is 10.3 Å². The summed E-state index contributed by atoms with van der Waals surface area (Å²) in [6, 6.07) is 9.97. The van der Waals surface area contributed by atoms with Gasteiger partial charge in [-0.3, -0.25) is 14.5 Å². The van der Waals surface area contributed by atoms with Crippen molar-refractivity contribution in [1.82, 2.24) is 14.5 Å². The first kappa shape index (κ1) is 26.1. The van der Waals surface area contributed by atoms with Crippen LogP contribution >= 0.6 is 23.2 Å². The quantitative estimate of drug-likeness (QED) is 0.317. The van der Waals surface area contributed by atoms with Crippen molar-refractivity contribution < 1.29 is 23.5 Å². The molecule has 0 saturated carbocycles. The molecule has 12 heteroatoms. The average molecular weight is 582 g/mol. The first-order valence-electron chi connectivity index (χ1n) is 12.2. The normalized spacial score (nSPS) is 17.4. The highest BCUT2D eigenvalue weighted by Gasteiger charge is 2.64. The van der Waals surface area contributed by atoms with Crippen LogP contribution in [-0.2, 0) is 10.3 Å². The number of nitrogens with zero attached hydrogens (tertiary/aromatic N) is 4. The van der Waals surface area contributed by atoms with Crippen LogP contribution in [0.2, 0.25) is 10.0 Å². The maximum absolute atomic E-state index is 14.6. The van der Waals surface area contributed by atoms with Gasteiger partial charge in [0.25, 0.3) is 11.8 Å². The molecule has 204 valence electrons. The number of hydrogen-bond acceptors (Lipinski definition) is 6. The molecule has 0 fully saturated rings. The van der Waals surface area contributed by atoms with Crippen molar-refractivity contribution in [3.63, 3.8) is 0 Å². The zero-order valence-corrected chi connectivity index (χ0v) is 23.3. The van der Waals surface area contributed by atoms with Gasteiger partial charge in [-0.15, -0.1) is 0 Å². The molecule has 40 heavy (non-hydrogen) atoms. The number of nitrogens with one attached hydrogen (secondary N) is 1. The van der Waals surface area contributed by atoms with Gasteiger partial charge < -0.3 is 19.4 Å². The second-order valence-corrected chi connectivity index (χ2v) is 10.5. The summed E-state index contributed by atoms with van der Waals surface area (Å²) >= 11 is 12.5. The van der Waals surface area contributed by atoms with Crippen LogP contribution in [0.25, 0.3) is 11.4 Å². The number of hydrogen-bond donors (Lipinski definition) is 1. The Labute approximate surface area is 238 Å². The van der Waals surface area contributed by atoms with E-state index in [0.29, 0.717) is 45.0 Å². The van der Waals surface area contributed by atoms with Crippen molar-refractivity contribution in [2.45, 2.75) is 25.4 Å². The lowest BCUT2D eigenvalue weighted by molar-refractivity contribution is -0.119. The molecule has 0 radical (unpaired) electrons. The molecule has 2 aliphatic rings. The highest BCUT2D eigenvalue weighted by atomic mass is 35.5. The second kappa shape index (κ2) is 9.21. The number of benzene rings is 2. The van der Waals surface area contributed by atoms with Crippen molar-refractivity contribution in [3.8, 4) is 23.0 Å². The lowest BCUT2D eigenvalue weighted by atomic mass is 9.87. The van der Waals surface area contributed by atoms with Gasteiger partial charge in [-0.25, -0.2) is 14.4 Å². The summed E-state index contributed by atoms with van der Waals surface area (Å²) in [4.78, 5) is 38.8. The molecule has 1 N–H and O–H groups in total. The van der Waals surface area contributed by atoms with Gasteiger partial charge in [-0.2, -0.15) is 0 Å². The Hall–Kier alpha value is -4.15. The molecule has 0 bridgehead atoms. The summed E-state index contributed by atoms with van der Waals surface area (Å²) in [5.41, 5.74) is 0.0803. The maximum Gasteiger partial charge on any atom is 0.280 e. The van der Waals surface area contributed by atoms with Crippen LogP contribution < -0.4 is 19.7 Å². The fraction of sp³-hybridized carbons (Fsp3) is 0.214. The van der Waals surface area contributed by atoms with Crippen molar-refractivity contribution >= 4 is 46.4 Å². The maximum atomic E-state index is 14.6. The SMILES string of the molecule is COc1cc(OC)c(-c2nc3c(n2C(C)C)C2(C(=O)Nc4cc(Cl)ccc42)N(c2cc(F)cc(Cl)c2)C3=O)cn1.